The van der Waals surface area contributed by atoms with Crippen LogP contribution >= 0.6 is 11.3 Å². The zero-order valence-corrected chi connectivity index (χ0v) is 8.13. The predicted molar refractivity (Wildman–Crippen MR) is 51.4 cm³/mol. The van der Waals surface area contributed by atoms with Crippen LogP contribution in [0.2, 0.25) is 0 Å². The van der Waals surface area contributed by atoms with Gasteiger partial charge in [0.2, 0.25) is 0 Å². The van der Waals surface area contributed by atoms with Gasteiger partial charge >= 0.3 is 5.97 Å². The average molecular weight is 209 g/mol. The molecule has 2 rings (SSSR count). The number of carbonyl (C=O) groups is 1. The van der Waals surface area contributed by atoms with Crippen molar-refractivity contribution in [3.8, 4) is 10.7 Å². The van der Waals surface area contributed by atoms with Gasteiger partial charge in [0.25, 0.3) is 0 Å². The standard InChI is InChI=1S/C8H7N3O2S/c1-4-6(14-3-10-4)7-9-2-5(11-7)8(12)13/h2-3H,1H3,(H,9,11)(H,12,13). The van der Waals surface area contributed by atoms with Gasteiger partial charge in [0.1, 0.15) is 11.5 Å². The number of thiazole rings is 1. The van der Waals surface area contributed by atoms with Gasteiger partial charge in [0, 0.05) is 0 Å². The molecule has 0 fully saturated rings. The van der Waals surface area contributed by atoms with Gasteiger partial charge in [-0.25, -0.2) is 14.8 Å². The highest BCUT2D eigenvalue weighted by Gasteiger charge is 2.11. The first-order chi connectivity index (χ1) is 6.68. The molecule has 0 aliphatic rings. The molecule has 14 heavy (non-hydrogen) atoms. The molecule has 0 amide bonds. The number of aromatic amines is 1. The Morgan fingerprint density at radius 3 is 2.86 bits per heavy atom. The van der Waals surface area contributed by atoms with Crippen molar-refractivity contribution in [1.29, 1.82) is 0 Å². The van der Waals surface area contributed by atoms with Crippen molar-refractivity contribution < 1.29 is 9.90 Å². The molecule has 6 heteroatoms. The number of carboxylic acids is 1. The van der Waals surface area contributed by atoms with E-state index >= 15 is 0 Å². The van der Waals surface area contributed by atoms with Crippen molar-refractivity contribution in [1.82, 2.24) is 15.0 Å². The molecule has 2 N–H and O–H groups in total. The highest BCUT2D eigenvalue weighted by Crippen LogP contribution is 2.23. The Bertz CT molecular complexity index is 474. The van der Waals surface area contributed by atoms with Crippen LogP contribution in [0.15, 0.2) is 11.7 Å². The highest BCUT2D eigenvalue weighted by atomic mass is 32.1. The third-order valence-corrected chi connectivity index (χ3v) is 2.70. The first kappa shape index (κ1) is 8.89. The van der Waals surface area contributed by atoms with Gasteiger partial charge in [0.05, 0.1) is 22.3 Å². The molecule has 0 saturated heterocycles. The smallest absolute Gasteiger partial charge is 0.353 e. The summed E-state index contributed by atoms with van der Waals surface area (Å²) in [6.45, 7) is 1.86. The number of rotatable bonds is 2. The molecule has 0 saturated carbocycles. The third kappa shape index (κ3) is 1.39. The second-order valence-electron chi connectivity index (χ2n) is 2.72. The largest absolute Gasteiger partial charge is 0.477 e. The van der Waals surface area contributed by atoms with Crippen LogP contribution < -0.4 is 0 Å². The molecule has 0 aliphatic carbocycles. The molecule has 2 aromatic rings. The molecular formula is C8H7N3O2S. The topological polar surface area (TPSA) is 78.9 Å². The van der Waals surface area contributed by atoms with Crippen LogP contribution in [-0.2, 0) is 0 Å². The summed E-state index contributed by atoms with van der Waals surface area (Å²) in [5, 5.41) is 8.68. The zero-order chi connectivity index (χ0) is 10.1. The second-order valence-corrected chi connectivity index (χ2v) is 3.57. The van der Waals surface area contributed by atoms with E-state index < -0.39 is 5.97 Å². The van der Waals surface area contributed by atoms with Crippen LogP contribution in [0.5, 0.6) is 0 Å². The lowest BCUT2D eigenvalue weighted by Crippen LogP contribution is -1.95. The van der Waals surface area contributed by atoms with E-state index in [-0.39, 0.29) is 5.69 Å². The summed E-state index contributed by atoms with van der Waals surface area (Å²) < 4.78 is 0. The first-order valence-electron chi connectivity index (χ1n) is 3.87. The average Bonchev–Trinajstić information content (AvgIpc) is 2.71. The number of imidazole rings is 1. The molecule has 2 heterocycles. The minimum absolute atomic E-state index is 0.0906. The van der Waals surface area contributed by atoms with E-state index in [1.807, 2.05) is 6.92 Å². The number of nitrogens with zero attached hydrogens (tertiary/aromatic N) is 2. The summed E-state index contributed by atoms with van der Waals surface area (Å²) in [6, 6.07) is 0. The maximum Gasteiger partial charge on any atom is 0.353 e. The van der Waals surface area contributed by atoms with Gasteiger partial charge in [-0.3, -0.25) is 0 Å². The molecule has 5 nitrogen and oxygen atoms in total. The van der Waals surface area contributed by atoms with Crippen LogP contribution in [0, 0.1) is 6.92 Å². The number of hydrogen-bond acceptors (Lipinski definition) is 4. The Balaban J connectivity index is 2.43. The molecule has 0 aromatic carbocycles. The summed E-state index contributed by atoms with van der Waals surface area (Å²) >= 11 is 1.43. The van der Waals surface area contributed by atoms with Gasteiger partial charge < -0.3 is 10.1 Å². The molecule has 0 aliphatic heterocycles. The maximum absolute atomic E-state index is 10.6. The predicted octanol–water partition coefficient (Wildman–Crippen LogP) is 1.54. The fourth-order valence-electron chi connectivity index (χ4n) is 1.07. The summed E-state index contributed by atoms with van der Waals surface area (Å²) in [4.78, 5) is 22.2. The van der Waals surface area contributed by atoms with Crippen molar-refractivity contribution in [3.63, 3.8) is 0 Å². The van der Waals surface area contributed by atoms with Crippen molar-refractivity contribution in [2.75, 3.05) is 0 Å². The summed E-state index contributed by atoms with van der Waals surface area (Å²) in [6.07, 6.45) is 1.30. The number of aromatic nitrogens is 3. The van der Waals surface area contributed by atoms with Gasteiger partial charge in [0.15, 0.2) is 0 Å². The Hall–Kier alpha value is -1.69. The van der Waals surface area contributed by atoms with Crippen LogP contribution in [0.1, 0.15) is 16.2 Å². The van der Waals surface area contributed by atoms with Gasteiger partial charge in [-0.2, -0.15) is 0 Å². The molecule has 0 spiro atoms. The Morgan fingerprint density at radius 1 is 1.57 bits per heavy atom. The molecule has 2 aromatic heterocycles. The number of aromatic carboxylic acids is 1. The monoisotopic (exact) mass is 209 g/mol. The SMILES string of the molecule is Cc1ncsc1-c1ncc(C(=O)O)[nH]1. The van der Waals surface area contributed by atoms with E-state index in [2.05, 4.69) is 15.0 Å². The molecule has 72 valence electrons. The second kappa shape index (κ2) is 3.22. The fourth-order valence-corrected chi connectivity index (χ4v) is 1.83. The minimum atomic E-state index is -1.01. The van der Waals surface area contributed by atoms with Gasteiger partial charge in [-0.15, -0.1) is 11.3 Å². The van der Waals surface area contributed by atoms with Gasteiger partial charge in [-0.1, -0.05) is 0 Å². The maximum atomic E-state index is 10.6. The lowest BCUT2D eigenvalue weighted by Gasteiger charge is -1.91. The zero-order valence-electron chi connectivity index (χ0n) is 7.31. The molecule has 0 unspecified atom stereocenters. The van der Waals surface area contributed by atoms with E-state index in [9.17, 15) is 4.79 Å². The summed E-state index contributed by atoms with van der Waals surface area (Å²) in [7, 11) is 0. The van der Waals surface area contributed by atoms with Crippen LogP contribution in [-0.4, -0.2) is 26.0 Å². The third-order valence-electron chi connectivity index (χ3n) is 1.77. The normalized spacial score (nSPS) is 10.4. The fraction of sp³-hybridized carbons (Fsp3) is 0.125. The van der Waals surface area contributed by atoms with Crippen molar-refractivity contribution >= 4 is 17.3 Å². The van der Waals surface area contributed by atoms with E-state index in [1.54, 1.807) is 5.51 Å². The van der Waals surface area contributed by atoms with Crippen molar-refractivity contribution in [3.05, 3.63) is 23.1 Å². The van der Waals surface area contributed by atoms with Crippen LogP contribution in [0.4, 0.5) is 0 Å². The number of aryl methyl sites for hydroxylation is 1. The lowest BCUT2D eigenvalue weighted by molar-refractivity contribution is 0.0691. The number of carboxylic acid groups (broad SMARTS) is 1. The number of hydrogen-bond donors (Lipinski definition) is 2. The Labute approximate surface area is 83.5 Å². The van der Waals surface area contributed by atoms with Crippen molar-refractivity contribution in [2.24, 2.45) is 0 Å². The van der Waals surface area contributed by atoms with Crippen LogP contribution in [0.3, 0.4) is 0 Å². The number of nitrogens with one attached hydrogen (secondary N) is 1. The quantitative estimate of drug-likeness (QED) is 0.786. The Morgan fingerprint density at radius 2 is 2.36 bits per heavy atom. The number of H-pyrrole nitrogens is 1. The minimum Gasteiger partial charge on any atom is -0.477 e. The molecule has 0 atom stereocenters. The van der Waals surface area contributed by atoms with E-state index in [4.69, 9.17) is 5.11 Å². The van der Waals surface area contributed by atoms with Crippen molar-refractivity contribution in [2.45, 2.75) is 6.92 Å². The molecule has 0 bridgehead atoms. The molecular weight excluding hydrogens is 202 g/mol. The Kier molecular flexibility index (Phi) is 2.05. The van der Waals surface area contributed by atoms with E-state index in [0.717, 1.165) is 10.6 Å². The van der Waals surface area contributed by atoms with E-state index in [0.29, 0.717) is 5.82 Å². The summed E-state index contributed by atoms with van der Waals surface area (Å²) in [5.41, 5.74) is 2.64. The lowest BCUT2D eigenvalue weighted by atomic mass is 10.4. The van der Waals surface area contributed by atoms with Crippen LogP contribution in [0.25, 0.3) is 10.7 Å². The first-order valence-corrected chi connectivity index (χ1v) is 4.75. The van der Waals surface area contributed by atoms with E-state index in [1.165, 1.54) is 17.5 Å². The summed E-state index contributed by atoms with van der Waals surface area (Å²) in [5.74, 6) is -0.451. The highest BCUT2D eigenvalue weighted by molar-refractivity contribution is 7.13. The molecule has 0 radical (unpaired) electrons. The van der Waals surface area contributed by atoms with Gasteiger partial charge in [-0.05, 0) is 6.92 Å².